The van der Waals surface area contributed by atoms with Crippen molar-refractivity contribution in [2.45, 2.75) is 32.0 Å². The van der Waals surface area contributed by atoms with E-state index in [9.17, 15) is 0 Å². The Bertz CT molecular complexity index is 88.5. The molecule has 1 aliphatic heterocycles. The first kappa shape index (κ1) is 6.05. The molecule has 0 bridgehead atoms. The lowest BCUT2D eigenvalue weighted by atomic mass is 10.0. The number of hydrogen-bond acceptors (Lipinski definition) is 2. The molecule has 0 radical (unpaired) electrons. The Labute approximate surface area is 49.5 Å². The molecular weight excluding hydrogens is 104 g/mol. The molecule has 1 aliphatic rings. The van der Waals surface area contributed by atoms with Gasteiger partial charge in [-0.1, -0.05) is 0 Å². The van der Waals surface area contributed by atoms with Crippen LogP contribution in [0.3, 0.4) is 0 Å². The van der Waals surface area contributed by atoms with E-state index in [0.29, 0.717) is 6.61 Å². The Morgan fingerprint density at radius 3 is 2.38 bits per heavy atom. The molecule has 48 valence electrons. The minimum atomic E-state index is -0.292. The fourth-order valence-corrected chi connectivity index (χ4v) is 0.877. The summed E-state index contributed by atoms with van der Waals surface area (Å²) in [7, 11) is 0. The highest BCUT2D eigenvalue weighted by atomic mass is 16.5. The van der Waals surface area contributed by atoms with Gasteiger partial charge < -0.3 is 9.84 Å². The molecule has 8 heavy (non-hydrogen) atoms. The Balaban J connectivity index is 2.54. The molecule has 0 aromatic rings. The molecule has 0 aromatic carbocycles. The van der Waals surface area contributed by atoms with Crippen LogP contribution in [0.4, 0.5) is 0 Å². The largest absolute Gasteiger partial charge is 0.390 e. The van der Waals surface area contributed by atoms with Crippen molar-refractivity contribution in [3.05, 3.63) is 0 Å². The third-order valence-corrected chi connectivity index (χ3v) is 1.67. The van der Waals surface area contributed by atoms with Gasteiger partial charge in [0.1, 0.15) is 0 Å². The van der Waals surface area contributed by atoms with E-state index in [1.807, 2.05) is 13.8 Å². The quantitative estimate of drug-likeness (QED) is 0.500. The van der Waals surface area contributed by atoms with Gasteiger partial charge in [0.2, 0.25) is 0 Å². The molecule has 0 unspecified atom stereocenters. The summed E-state index contributed by atoms with van der Waals surface area (Å²) in [6.07, 6.45) is 0.523. The molecule has 0 spiro atoms. The summed E-state index contributed by atoms with van der Waals surface area (Å²) in [6.45, 7) is 4.52. The average Bonchev–Trinajstić information content (AvgIpc) is 1.86. The van der Waals surface area contributed by atoms with Crippen LogP contribution in [0.5, 0.6) is 0 Å². The third kappa shape index (κ3) is 0.858. The maximum absolute atomic E-state index is 9.13. The van der Waals surface area contributed by atoms with Gasteiger partial charge in [-0.2, -0.15) is 0 Å². The van der Waals surface area contributed by atoms with Crippen LogP contribution in [-0.4, -0.2) is 23.4 Å². The Morgan fingerprint density at radius 1 is 1.62 bits per heavy atom. The third-order valence-electron chi connectivity index (χ3n) is 1.67. The van der Waals surface area contributed by atoms with E-state index in [0.717, 1.165) is 6.42 Å². The second-order valence-electron chi connectivity index (χ2n) is 2.76. The molecule has 2 heteroatoms. The van der Waals surface area contributed by atoms with Gasteiger partial charge in [0.25, 0.3) is 0 Å². The summed E-state index contributed by atoms with van der Waals surface area (Å²) in [5, 5.41) is 9.13. The van der Waals surface area contributed by atoms with Gasteiger partial charge in [0.05, 0.1) is 11.7 Å². The minimum absolute atomic E-state index is 0.262. The van der Waals surface area contributed by atoms with Gasteiger partial charge >= 0.3 is 0 Å². The average molecular weight is 116 g/mol. The highest BCUT2D eigenvalue weighted by Gasteiger charge is 2.33. The van der Waals surface area contributed by atoms with Crippen molar-refractivity contribution in [3.8, 4) is 0 Å². The SMILES string of the molecule is CC1(C)OCC[C@@H]1O. The van der Waals surface area contributed by atoms with Crippen molar-refractivity contribution in [1.29, 1.82) is 0 Å². The first-order valence-electron chi connectivity index (χ1n) is 2.95. The zero-order valence-corrected chi connectivity index (χ0v) is 5.35. The molecule has 0 aliphatic carbocycles. The zero-order valence-electron chi connectivity index (χ0n) is 5.35. The zero-order chi connectivity index (χ0) is 6.20. The van der Waals surface area contributed by atoms with Gasteiger partial charge in [-0.3, -0.25) is 0 Å². The predicted molar refractivity (Wildman–Crippen MR) is 30.7 cm³/mol. The van der Waals surface area contributed by atoms with E-state index >= 15 is 0 Å². The van der Waals surface area contributed by atoms with Crippen LogP contribution in [-0.2, 0) is 4.74 Å². The van der Waals surface area contributed by atoms with Crippen molar-refractivity contribution in [2.24, 2.45) is 0 Å². The molecule has 1 fully saturated rings. The summed E-state index contributed by atoms with van der Waals surface area (Å²) in [6, 6.07) is 0. The second kappa shape index (κ2) is 1.71. The maximum Gasteiger partial charge on any atom is 0.0885 e. The predicted octanol–water partition coefficient (Wildman–Crippen LogP) is 0.546. The summed E-state index contributed by atoms with van der Waals surface area (Å²) in [5.41, 5.74) is -0.292. The first-order chi connectivity index (χ1) is 3.63. The summed E-state index contributed by atoms with van der Waals surface area (Å²) in [4.78, 5) is 0. The minimum Gasteiger partial charge on any atom is -0.390 e. The van der Waals surface area contributed by atoms with Gasteiger partial charge in [0.15, 0.2) is 0 Å². The van der Waals surface area contributed by atoms with Crippen LogP contribution < -0.4 is 0 Å². The van der Waals surface area contributed by atoms with Crippen molar-refractivity contribution in [1.82, 2.24) is 0 Å². The monoisotopic (exact) mass is 116 g/mol. The fourth-order valence-electron chi connectivity index (χ4n) is 0.877. The van der Waals surface area contributed by atoms with Crippen LogP contribution in [0.1, 0.15) is 20.3 Å². The highest BCUT2D eigenvalue weighted by Crippen LogP contribution is 2.23. The Hall–Kier alpha value is -0.0800. The summed E-state index contributed by atoms with van der Waals surface area (Å²) in [5.74, 6) is 0. The van der Waals surface area contributed by atoms with Crippen LogP contribution in [0.15, 0.2) is 0 Å². The lowest BCUT2D eigenvalue weighted by Gasteiger charge is -2.20. The van der Waals surface area contributed by atoms with E-state index in [1.165, 1.54) is 0 Å². The molecule has 1 heterocycles. The number of ether oxygens (including phenoxy) is 1. The van der Waals surface area contributed by atoms with Crippen molar-refractivity contribution in [2.75, 3.05) is 6.61 Å². The van der Waals surface area contributed by atoms with Crippen molar-refractivity contribution in [3.63, 3.8) is 0 Å². The van der Waals surface area contributed by atoms with Gasteiger partial charge in [-0.25, -0.2) is 0 Å². The number of hydrogen-bond donors (Lipinski definition) is 1. The maximum atomic E-state index is 9.13. The molecule has 2 nitrogen and oxygen atoms in total. The van der Waals surface area contributed by atoms with Gasteiger partial charge in [-0.05, 0) is 20.3 Å². The smallest absolute Gasteiger partial charge is 0.0885 e. The van der Waals surface area contributed by atoms with Crippen molar-refractivity contribution < 1.29 is 9.84 Å². The van der Waals surface area contributed by atoms with Crippen LogP contribution in [0.25, 0.3) is 0 Å². The van der Waals surface area contributed by atoms with E-state index < -0.39 is 0 Å². The van der Waals surface area contributed by atoms with Crippen LogP contribution >= 0.6 is 0 Å². The number of aliphatic hydroxyl groups is 1. The highest BCUT2D eigenvalue weighted by molar-refractivity contribution is 4.83. The molecule has 0 amide bonds. The van der Waals surface area contributed by atoms with E-state index in [-0.39, 0.29) is 11.7 Å². The molecular formula is C6H12O2. The lowest BCUT2D eigenvalue weighted by Crippen LogP contribution is -2.31. The Morgan fingerprint density at radius 2 is 2.25 bits per heavy atom. The Kier molecular flexibility index (Phi) is 1.29. The van der Waals surface area contributed by atoms with E-state index in [4.69, 9.17) is 9.84 Å². The van der Waals surface area contributed by atoms with Crippen molar-refractivity contribution >= 4 is 0 Å². The van der Waals surface area contributed by atoms with E-state index in [1.54, 1.807) is 0 Å². The standard InChI is InChI=1S/C6H12O2/c1-6(2)5(7)3-4-8-6/h5,7H,3-4H2,1-2H3/t5-/m0/s1. The second-order valence-corrected chi connectivity index (χ2v) is 2.76. The molecule has 0 saturated carbocycles. The molecule has 0 aromatic heterocycles. The van der Waals surface area contributed by atoms with Crippen LogP contribution in [0.2, 0.25) is 0 Å². The summed E-state index contributed by atoms with van der Waals surface area (Å²) < 4.78 is 5.20. The first-order valence-corrected chi connectivity index (χ1v) is 2.95. The molecule has 1 rings (SSSR count). The number of aliphatic hydroxyl groups excluding tert-OH is 1. The number of rotatable bonds is 0. The topological polar surface area (TPSA) is 29.5 Å². The fraction of sp³-hybridized carbons (Fsp3) is 1.00. The van der Waals surface area contributed by atoms with E-state index in [2.05, 4.69) is 0 Å². The molecule has 1 saturated heterocycles. The lowest BCUT2D eigenvalue weighted by molar-refractivity contribution is -0.0287. The van der Waals surface area contributed by atoms with Gasteiger partial charge in [-0.15, -0.1) is 0 Å². The summed E-state index contributed by atoms with van der Waals surface area (Å²) >= 11 is 0. The molecule has 1 atom stereocenters. The normalized spacial score (nSPS) is 35.6. The van der Waals surface area contributed by atoms with Gasteiger partial charge in [0, 0.05) is 6.61 Å². The molecule has 1 N–H and O–H groups in total. The van der Waals surface area contributed by atoms with Crippen LogP contribution in [0, 0.1) is 0 Å².